The molecule has 76 valence electrons. The molecule has 15 heavy (non-hydrogen) atoms. The Bertz CT molecular complexity index is 574. The van der Waals surface area contributed by atoms with Gasteiger partial charge < -0.3 is 4.74 Å². The second-order valence-corrected chi connectivity index (χ2v) is 3.01. The molecule has 0 radical (unpaired) electrons. The van der Waals surface area contributed by atoms with Crippen molar-refractivity contribution < 1.29 is 9.53 Å². The van der Waals surface area contributed by atoms with Crippen LogP contribution in [0.4, 0.5) is 0 Å². The van der Waals surface area contributed by atoms with Crippen LogP contribution in [0.5, 0.6) is 5.75 Å². The number of nitrogens with one attached hydrogen (secondary N) is 1. The summed E-state index contributed by atoms with van der Waals surface area (Å²) >= 11 is 0. The van der Waals surface area contributed by atoms with Crippen LogP contribution in [0.15, 0.2) is 29.2 Å². The predicted octanol–water partition coefficient (Wildman–Crippen LogP) is 0.848. The van der Waals surface area contributed by atoms with Crippen LogP contribution < -0.4 is 10.3 Å². The first kappa shape index (κ1) is 9.39. The van der Waals surface area contributed by atoms with Gasteiger partial charge in [-0.1, -0.05) is 6.07 Å². The molecule has 2 aromatic rings. The molecule has 1 aromatic carbocycles. The molecule has 0 saturated heterocycles. The van der Waals surface area contributed by atoms with Crippen molar-refractivity contribution in [3.63, 3.8) is 0 Å². The fourth-order valence-electron chi connectivity index (χ4n) is 1.33. The van der Waals surface area contributed by atoms with E-state index in [2.05, 4.69) is 10.2 Å². The van der Waals surface area contributed by atoms with E-state index in [1.54, 1.807) is 18.2 Å². The maximum absolute atomic E-state index is 11.4. The van der Waals surface area contributed by atoms with Crippen molar-refractivity contribution in [3.05, 3.63) is 34.7 Å². The first-order valence-electron chi connectivity index (χ1n) is 4.33. The van der Waals surface area contributed by atoms with Crippen molar-refractivity contribution in [3.8, 4) is 5.75 Å². The lowest BCUT2D eigenvalue weighted by Crippen LogP contribution is -2.09. The number of ether oxygens (including phenoxy) is 1. The number of aromatic nitrogens is 2. The molecule has 1 heterocycles. The van der Waals surface area contributed by atoms with E-state index in [1.165, 1.54) is 13.1 Å². The lowest BCUT2D eigenvalue weighted by molar-refractivity contribution is -0.131. The second-order valence-electron chi connectivity index (χ2n) is 3.01. The third kappa shape index (κ3) is 1.71. The molecule has 0 atom stereocenters. The van der Waals surface area contributed by atoms with Crippen molar-refractivity contribution in [2.45, 2.75) is 6.92 Å². The minimum absolute atomic E-state index is 0.304. The van der Waals surface area contributed by atoms with E-state index >= 15 is 0 Å². The molecular weight excluding hydrogens is 196 g/mol. The number of rotatable bonds is 1. The molecule has 0 fully saturated rings. The molecule has 0 aliphatic rings. The van der Waals surface area contributed by atoms with Gasteiger partial charge in [0.25, 0.3) is 5.56 Å². The quantitative estimate of drug-likeness (QED) is 0.552. The highest BCUT2D eigenvalue weighted by Crippen LogP contribution is 2.21. The Morgan fingerprint density at radius 2 is 2.20 bits per heavy atom. The molecule has 5 nitrogen and oxygen atoms in total. The van der Waals surface area contributed by atoms with Crippen molar-refractivity contribution in [1.29, 1.82) is 0 Å². The standard InChI is InChI=1S/C10H8N2O3/c1-6(13)15-9-4-2-3-7-8(9)5-11-12-10(7)14/h2-5H,1H3,(H,12,14). The smallest absolute Gasteiger partial charge is 0.308 e. The fourth-order valence-corrected chi connectivity index (χ4v) is 1.33. The van der Waals surface area contributed by atoms with E-state index in [-0.39, 0.29) is 5.56 Å². The molecule has 0 unspecified atom stereocenters. The maximum atomic E-state index is 11.4. The van der Waals surface area contributed by atoms with Crippen molar-refractivity contribution in [2.24, 2.45) is 0 Å². The lowest BCUT2D eigenvalue weighted by atomic mass is 10.2. The summed E-state index contributed by atoms with van der Waals surface area (Å²) in [6.07, 6.45) is 1.45. The van der Waals surface area contributed by atoms with Gasteiger partial charge >= 0.3 is 5.97 Å². The zero-order valence-corrected chi connectivity index (χ0v) is 7.98. The summed E-state index contributed by atoms with van der Waals surface area (Å²) in [5, 5.41) is 6.93. The lowest BCUT2D eigenvalue weighted by Gasteiger charge is -2.03. The van der Waals surface area contributed by atoms with Gasteiger partial charge in [-0.3, -0.25) is 9.59 Å². The normalized spacial score (nSPS) is 10.2. The van der Waals surface area contributed by atoms with Crippen LogP contribution in [-0.2, 0) is 4.79 Å². The SMILES string of the molecule is CC(=O)Oc1cccc2c(=O)[nH]ncc12. The van der Waals surface area contributed by atoms with E-state index < -0.39 is 5.97 Å². The highest BCUT2D eigenvalue weighted by atomic mass is 16.5. The highest BCUT2D eigenvalue weighted by Gasteiger charge is 2.06. The molecule has 1 N–H and O–H groups in total. The van der Waals surface area contributed by atoms with Crippen LogP contribution in [-0.4, -0.2) is 16.2 Å². The Morgan fingerprint density at radius 1 is 1.40 bits per heavy atom. The maximum Gasteiger partial charge on any atom is 0.308 e. The molecule has 0 aliphatic heterocycles. The summed E-state index contributed by atoms with van der Waals surface area (Å²) in [6.45, 7) is 1.30. The molecule has 0 aliphatic carbocycles. The van der Waals surface area contributed by atoms with E-state index in [4.69, 9.17) is 4.74 Å². The summed E-state index contributed by atoms with van der Waals surface area (Å²) < 4.78 is 4.95. The van der Waals surface area contributed by atoms with Crippen LogP contribution in [0.3, 0.4) is 0 Å². The first-order valence-corrected chi connectivity index (χ1v) is 4.33. The number of carbonyl (C=O) groups excluding carboxylic acids is 1. The van der Waals surface area contributed by atoms with Gasteiger partial charge in [-0.2, -0.15) is 5.10 Å². The largest absolute Gasteiger partial charge is 0.426 e. The summed E-state index contributed by atoms with van der Waals surface area (Å²) in [6, 6.07) is 4.91. The van der Waals surface area contributed by atoms with Gasteiger partial charge in [0.2, 0.25) is 0 Å². The summed E-state index contributed by atoms with van der Waals surface area (Å²) in [4.78, 5) is 22.2. The predicted molar refractivity (Wildman–Crippen MR) is 53.7 cm³/mol. The van der Waals surface area contributed by atoms with Crippen LogP contribution in [0.1, 0.15) is 6.92 Å². The van der Waals surface area contributed by atoms with Crippen molar-refractivity contribution in [1.82, 2.24) is 10.2 Å². The van der Waals surface area contributed by atoms with Gasteiger partial charge in [0.15, 0.2) is 0 Å². The van der Waals surface area contributed by atoms with Gasteiger partial charge in [-0.15, -0.1) is 0 Å². The molecular formula is C10H8N2O3. The number of esters is 1. The van der Waals surface area contributed by atoms with Gasteiger partial charge in [-0.25, -0.2) is 5.10 Å². The average Bonchev–Trinajstić information content (AvgIpc) is 2.19. The Balaban J connectivity index is 2.71. The Morgan fingerprint density at radius 3 is 2.93 bits per heavy atom. The monoisotopic (exact) mass is 204 g/mol. The Kier molecular flexibility index (Phi) is 2.21. The number of carbonyl (C=O) groups is 1. The molecule has 2 rings (SSSR count). The van der Waals surface area contributed by atoms with E-state index in [9.17, 15) is 9.59 Å². The van der Waals surface area contributed by atoms with Gasteiger partial charge in [0, 0.05) is 6.92 Å². The fraction of sp³-hybridized carbons (Fsp3) is 0.100. The topological polar surface area (TPSA) is 72.1 Å². The Labute approximate surface area is 84.7 Å². The molecule has 0 spiro atoms. The molecule has 1 aromatic heterocycles. The molecule has 0 bridgehead atoms. The van der Waals surface area contributed by atoms with E-state index in [0.29, 0.717) is 16.5 Å². The summed E-state index contributed by atoms with van der Waals surface area (Å²) in [5.74, 6) is -0.0821. The van der Waals surface area contributed by atoms with E-state index in [0.717, 1.165) is 0 Å². The minimum Gasteiger partial charge on any atom is -0.426 e. The second kappa shape index (κ2) is 3.53. The molecule has 0 saturated carbocycles. The number of benzene rings is 1. The number of hydrogen-bond acceptors (Lipinski definition) is 4. The Hall–Kier alpha value is -2.17. The number of nitrogens with zero attached hydrogens (tertiary/aromatic N) is 1. The van der Waals surface area contributed by atoms with Gasteiger partial charge in [-0.05, 0) is 12.1 Å². The summed E-state index contributed by atoms with van der Waals surface area (Å²) in [7, 11) is 0. The van der Waals surface area contributed by atoms with Crippen LogP contribution in [0.25, 0.3) is 10.8 Å². The summed E-state index contributed by atoms with van der Waals surface area (Å²) in [5.41, 5.74) is -0.304. The third-order valence-corrected chi connectivity index (χ3v) is 1.92. The zero-order valence-electron chi connectivity index (χ0n) is 7.98. The molecule has 0 amide bonds. The number of aromatic amines is 1. The van der Waals surface area contributed by atoms with Crippen molar-refractivity contribution >= 4 is 16.7 Å². The van der Waals surface area contributed by atoms with Gasteiger partial charge in [0.05, 0.1) is 17.0 Å². The van der Waals surface area contributed by atoms with Crippen LogP contribution >= 0.6 is 0 Å². The van der Waals surface area contributed by atoms with Crippen LogP contribution in [0.2, 0.25) is 0 Å². The zero-order chi connectivity index (χ0) is 10.8. The number of hydrogen-bond donors (Lipinski definition) is 1. The number of H-pyrrole nitrogens is 1. The molecule has 5 heteroatoms. The minimum atomic E-state index is -0.428. The third-order valence-electron chi connectivity index (χ3n) is 1.92. The van der Waals surface area contributed by atoms with Crippen molar-refractivity contribution in [2.75, 3.05) is 0 Å². The average molecular weight is 204 g/mol. The highest BCUT2D eigenvalue weighted by molar-refractivity contribution is 5.88. The van der Waals surface area contributed by atoms with E-state index in [1.807, 2.05) is 0 Å². The van der Waals surface area contributed by atoms with Crippen LogP contribution in [0, 0.1) is 0 Å². The first-order chi connectivity index (χ1) is 7.18. The van der Waals surface area contributed by atoms with Gasteiger partial charge in [0.1, 0.15) is 5.75 Å². The number of fused-ring (bicyclic) bond motifs is 1.